The number of carbonyl (C=O) groups is 1. The van der Waals surface area contributed by atoms with Crippen LogP contribution in [0.1, 0.15) is 6.42 Å². The summed E-state index contributed by atoms with van der Waals surface area (Å²) in [7, 11) is 0. The molecule has 116 valence electrons. The van der Waals surface area contributed by atoms with E-state index in [-0.39, 0.29) is 0 Å². The molecule has 2 rings (SSSR count). The summed E-state index contributed by atoms with van der Waals surface area (Å²) >= 11 is 0. The van der Waals surface area contributed by atoms with E-state index in [0.29, 0.717) is 6.54 Å². The van der Waals surface area contributed by atoms with Crippen molar-refractivity contribution in [2.24, 2.45) is 0 Å². The number of benzene rings is 1. The molecule has 1 aliphatic rings. The summed E-state index contributed by atoms with van der Waals surface area (Å²) in [6.07, 6.45) is 0.771. The Morgan fingerprint density at radius 3 is 2.57 bits per heavy atom. The standard InChI is InChI=1S/C14H19F2N3O2/c15-11-3-1-4-12(16)13(11)18-14(20)17-5-2-6-19-7-9-21-10-8-19/h1,3-4H,2,5-10H2,(H2,17,18,20). The average Bonchev–Trinajstić information content (AvgIpc) is 2.49. The molecule has 1 aromatic carbocycles. The molecule has 1 aliphatic heterocycles. The van der Waals surface area contributed by atoms with Gasteiger partial charge in [0.1, 0.15) is 17.3 Å². The van der Waals surface area contributed by atoms with Crippen LogP contribution in [0.3, 0.4) is 0 Å². The van der Waals surface area contributed by atoms with Crippen molar-refractivity contribution < 1.29 is 18.3 Å². The van der Waals surface area contributed by atoms with E-state index in [0.717, 1.165) is 51.4 Å². The van der Waals surface area contributed by atoms with E-state index < -0.39 is 23.4 Å². The molecule has 0 spiro atoms. The lowest BCUT2D eigenvalue weighted by Crippen LogP contribution is -2.38. The number of carbonyl (C=O) groups excluding carboxylic acids is 1. The fourth-order valence-corrected chi connectivity index (χ4v) is 2.10. The maximum absolute atomic E-state index is 13.3. The Bertz CT molecular complexity index is 459. The minimum absolute atomic E-state index is 0.428. The number of morpholine rings is 1. The smallest absolute Gasteiger partial charge is 0.319 e. The molecular weight excluding hydrogens is 280 g/mol. The van der Waals surface area contributed by atoms with Crippen molar-refractivity contribution in [3.8, 4) is 0 Å². The maximum atomic E-state index is 13.3. The van der Waals surface area contributed by atoms with Gasteiger partial charge < -0.3 is 15.4 Å². The number of hydrogen-bond donors (Lipinski definition) is 2. The van der Waals surface area contributed by atoms with Crippen molar-refractivity contribution >= 4 is 11.7 Å². The van der Waals surface area contributed by atoms with Crippen LogP contribution in [-0.2, 0) is 4.74 Å². The first kappa shape index (κ1) is 15.7. The number of halogens is 2. The van der Waals surface area contributed by atoms with Crippen LogP contribution in [0.2, 0.25) is 0 Å². The molecule has 1 fully saturated rings. The molecule has 0 unspecified atom stereocenters. The van der Waals surface area contributed by atoms with E-state index in [1.807, 2.05) is 0 Å². The van der Waals surface area contributed by atoms with E-state index in [1.54, 1.807) is 0 Å². The van der Waals surface area contributed by atoms with Gasteiger partial charge in [-0.2, -0.15) is 0 Å². The van der Waals surface area contributed by atoms with Crippen LogP contribution in [0.25, 0.3) is 0 Å². The number of urea groups is 1. The van der Waals surface area contributed by atoms with Crippen molar-refractivity contribution in [1.29, 1.82) is 0 Å². The van der Waals surface area contributed by atoms with E-state index >= 15 is 0 Å². The Balaban J connectivity index is 1.67. The molecule has 0 radical (unpaired) electrons. The molecule has 5 nitrogen and oxygen atoms in total. The Morgan fingerprint density at radius 2 is 1.90 bits per heavy atom. The van der Waals surface area contributed by atoms with Crippen LogP contribution in [0.5, 0.6) is 0 Å². The lowest BCUT2D eigenvalue weighted by Gasteiger charge is -2.26. The second-order valence-electron chi connectivity index (χ2n) is 4.79. The molecule has 1 saturated heterocycles. The molecule has 0 aromatic heterocycles. The quantitative estimate of drug-likeness (QED) is 0.815. The summed E-state index contributed by atoms with van der Waals surface area (Å²) in [5.74, 6) is -1.59. The normalized spacial score (nSPS) is 15.7. The van der Waals surface area contributed by atoms with Gasteiger partial charge >= 0.3 is 6.03 Å². The second-order valence-corrected chi connectivity index (χ2v) is 4.79. The first-order valence-electron chi connectivity index (χ1n) is 6.96. The van der Waals surface area contributed by atoms with Gasteiger partial charge in [0.05, 0.1) is 13.2 Å². The number of rotatable bonds is 5. The summed E-state index contributed by atoms with van der Waals surface area (Å²) in [6.45, 7) is 4.57. The minimum atomic E-state index is -0.793. The first-order chi connectivity index (χ1) is 10.2. The maximum Gasteiger partial charge on any atom is 0.319 e. The van der Waals surface area contributed by atoms with Crippen molar-refractivity contribution in [3.05, 3.63) is 29.8 Å². The number of amides is 2. The predicted octanol–water partition coefficient (Wildman–Crippen LogP) is 1.81. The Morgan fingerprint density at radius 1 is 1.24 bits per heavy atom. The van der Waals surface area contributed by atoms with Gasteiger partial charge in [-0.25, -0.2) is 13.6 Å². The van der Waals surface area contributed by atoms with E-state index in [9.17, 15) is 13.6 Å². The molecular formula is C14H19F2N3O2. The highest BCUT2D eigenvalue weighted by Gasteiger charge is 2.12. The fraction of sp³-hybridized carbons (Fsp3) is 0.500. The summed E-state index contributed by atoms with van der Waals surface area (Å²) < 4.78 is 31.9. The molecule has 0 saturated carbocycles. The molecule has 0 aliphatic carbocycles. The van der Waals surface area contributed by atoms with Crippen LogP contribution >= 0.6 is 0 Å². The molecule has 0 atom stereocenters. The van der Waals surface area contributed by atoms with E-state index in [4.69, 9.17) is 4.74 Å². The summed E-state index contributed by atoms with van der Waals surface area (Å²) in [4.78, 5) is 13.8. The highest BCUT2D eigenvalue weighted by molar-refractivity contribution is 5.89. The highest BCUT2D eigenvalue weighted by Crippen LogP contribution is 2.17. The SMILES string of the molecule is O=C(NCCCN1CCOCC1)Nc1c(F)cccc1F. The third-order valence-electron chi connectivity index (χ3n) is 3.24. The third kappa shape index (κ3) is 4.95. The average molecular weight is 299 g/mol. The Labute approximate surface area is 122 Å². The number of hydrogen-bond acceptors (Lipinski definition) is 3. The first-order valence-corrected chi connectivity index (χ1v) is 6.96. The van der Waals surface area contributed by atoms with Gasteiger partial charge in [-0.1, -0.05) is 6.07 Å². The van der Waals surface area contributed by atoms with Gasteiger partial charge in [0.2, 0.25) is 0 Å². The van der Waals surface area contributed by atoms with Crippen molar-refractivity contribution in [2.45, 2.75) is 6.42 Å². The van der Waals surface area contributed by atoms with Crippen molar-refractivity contribution in [2.75, 3.05) is 44.7 Å². The molecule has 0 bridgehead atoms. The number of para-hydroxylation sites is 1. The van der Waals surface area contributed by atoms with Gasteiger partial charge in [-0.3, -0.25) is 4.90 Å². The molecule has 2 N–H and O–H groups in total. The number of anilines is 1. The number of nitrogens with zero attached hydrogens (tertiary/aromatic N) is 1. The molecule has 2 amide bonds. The van der Waals surface area contributed by atoms with Crippen LogP contribution < -0.4 is 10.6 Å². The Kier molecular flexibility index (Phi) is 5.89. The summed E-state index contributed by atoms with van der Waals surface area (Å²) in [6, 6.07) is 2.82. The van der Waals surface area contributed by atoms with Gasteiger partial charge in [0.15, 0.2) is 0 Å². The van der Waals surface area contributed by atoms with E-state index in [2.05, 4.69) is 15.5 Å². The largest absolute Gasteiger partial charge is 0.379 e. The van der Waals surface area contributed by atoms with Gasteiger partial charge in [-0.05, 0) is 25.1 Å². The Hall–Kier alpha value is -1.73. The van der Waals surface area contributed by atoms with Crippen LogP contribution in [0, 0.1) is 11.6 Å². The van der Waals surface area contributed by atoms with E-state index in [1.165, 1.54) is 6.07 Å². The molecule has 1 aromatic rings. The van der Waals surface area contributed by atoms with Crippen LogP contribution in [0.4, 0.5) is 19.3 Å². The topological polar surface area (TPSA) is 53.6 Å². The second kappa shape index (κ2) is 7.90. The minimum Gasteiger partial charge on any atom is -0.379 e. The van der Waals surface area contributed by atoms with Crippen molar-refractivity contribution in [3.63, 3.8) is 0 Å². The monoisotopic (exact) mass is 299 g/mol. The summed E-state index contributed by atoms with van der Waals surface area (Å²) in [5.41, 5.74) is -0.428. The summed E-state index contributed by atoms with van der Waals surface area (Å²) in [5, 5.41) is 4.77. The molecule has 7 heteroatoms. The zero-order valence-electron chi connectivity index (χ0n) is 11.7. The highest BCUT2D eigenvalue weighted by atomic mass is 19.1. The predicted molar refractivity (Wildman–Crippen MR) is 75.3 cm³/mol. The number of nitrogens with one attached hydrogen (secondary N) is 2. The van der Waals surface area contributed by atoms with Crippen molar-refractivity contribution in [1.82, 2.24) is 10.2 Å². The van der Waals surface area contributed by atoms with Gasteiger partial charge in [0, 0.05) is 19.6 Å². The van der Waals surface area contributed by atoms with Gasteiger partial charge in [-0.15, -0.1) is 0 Å². The van der Waals surface area contributed by atoms with Gasteiger partial charge in [0.25, 0.3) is 0 Å². The third-order valence-corrected chi connectivity index (χ3v) is 3.24. The fourth-order valence-electron chi connectivity index (χ4n) is 2.10. The lowest BCUT2D eigenvalue weighted by atomic mass is 10.3. The zero-order valence-corrected chi connectivity index (χ0v) is 11.7. The molecule has 21 heavy (non-hydrogen) atoms. The lowest BCUT2D eigenvalue weighted by molar-refractivity contribution is 0.0375. The van der Waals surface area contributed by atoms with Crippen LogP contribution in [0.15, 0.2) is 18.2 Å². The zero-order chi connectivity index (χ0) is 15.1. The van der Waals surface area contributed by atoms with Crippen LogP contribution in [-0.4, -0.2) is 50.3 Å². The number of ether oxygens (including phenoxy) is 1. The molecule has 1 heterocycles.